The molecule has 166 valence electrons. The van der Waals surface area contributed by atoms with Gasteiger partial charge in [0.2, 0.25) is 0 Å². The number of amides is 1. The Hall–Kier alpha value is -2.11. The van der Waals surface area contributed by atoms with Crippen LogP contribution in [0, 0.1) is 24.2 Å². The molecule has 1 amide bonds. The molecule has 0 saturated carbocycles. The molecule has 0 aromatic carbocycles. The Balaban J connectivity index is 2.23. The molecule has 3 heterocycles. The van der Waals surface area contributed by atoms with Gasteiger partial charge in [0.15, 0.2) is 0 Å². The van der Waals surface area contributed by atoms with Crippen LogP contribution in [0.25, 0.3) is 6.08 Å². The van der Waals surface area contributed by atoms with Crippen molar-refractivity contribution in [3.8, 4) is 6.07 Å². The van der Waals surface area contributed by atoms with Crippen molar-refractivity contribution in [2.75, 3.05) is 18.0 Å². The number of rotatable bonds is 5. The molecule has 2 saturated heterocycles. The first-order valence-electron chi connectivity index (χ1n) is 10.9. The highest BCUT2D eigenvalue weighted by molar-refractivity contribution is 8.26. The molecule has 2 atom stereocenters. The van der Waals surface area contributed by atoms with Gasteiger partial charge in [-0.25, -0.2) is 0 Å². The standard InChI is InChI=1S/C23H30N4O2S2/c1-6-15(4)27-22(29)19(31-23(27)30)11-17-16(5)18(12-24)21(28)26(7-2)20(17)25-10-8-9-14(3)13-25/h11,14-15H,6-10,13H2,1-5H3. The molecule has 8 heteroatoms. The molecule has 31 heavy (non-hydrogen) atoms. The van der Waals surface area contributed by atoms with Gasteiger partial charge in [0.1, 0.15) is 21.8 Å². The van der Waals surface area contributed by atoms with Gasteiger partial charge in [-0.15, -0.1) is 0 Å². The third-order valence-corrected chi connectivity index (χ3v) is 7.58. The Morgan fingerprint density at radius 2 is 2.06 bits per heavy atom. The molecule has 6 nitrogen and oxygen atoms in total. The van der Waals surface area contributed by atoms with Crippen molar-refractivity contribution in [2.24, 2.45) is 5.92 Å². The minimum Gasteiger partial charge on any atom is -0.357 e. The second-order valence-electron chi connectivity index (χ2n) is 8.40. The van der Waals surface area contributed by atoms with Crippen LogP contribution in [0.3, 0.4) is 0 Å². The van der Waals surface area contributed by atoms with Gasteiger partial charge in [0.25, 0.3) is 11.5 Å². The lowest BCUT2D eigenvalue weighted by Gasteiger charge is -2.35. The second-order valence-corrected chi connectivity index (χ2v) is 10.1. The lowest BCUT2D eigenvalue weighted by molar-refractivity contribution is -0.123. The first-order chi connectivity index (χ1) is 14.7. The molecule has 0 spiro atoms. The molecule has 1 aromatic heterocycles. The van der Waals surface area contributed by atoms with E-state index in [4.69, 9.17) is 12.2 Å². The van der Waals surface area contributed by atoms with E-state index >= 15 is 0 Å². The highest BCUT2D eigenvalue weighted by Crippen LogP contribution is 2.37. The number of nitriles is 1. The number of aromatic nitrogens is 1. The van der Waals surface area contributed by atoms with Gasteiger partial charge >= 0.3 is 0 Å². The van der Waals surface area contributed by atoms with Gasteiger partial charge in [-0.3, -0.25) is 19.1 Å². The number of hydrogen-bond acceptors (Lipinski definition) is 6. The van der Waals surface area contributed by atoms with Crippen LogP contribution < -0.4 is 10.5 Å². The van der Waals surface area contributed by atoms with Crippen LogP contribution >= 0.6 is 24.0 Å². The minimum absolute atomic E-state index is 0.0289. The highest BCUT2D eigenvalue weighted by Gasteiger charge is 2.35. The number of carbonyl (C=O) groups excluding carboxylic acids is 1. The average Bonchev–Trinajstić information content (AvgIpc) is 3.02. The molecule has 0 N–H and O–H groups in total. The number of hydrogen-bond donors (Lipinski definition) is 0. The maximum atomic E-state index is 13.1. The van der Waals surface area contributed by atoms with Crippen LogP contribution in [0.5, 0.6) is 0 Å². The van der Waals surface area contributed by atoms with Crippen molar-refractivity contribution >= 4 is 46.1 Å². The third-order valence-electron chi connectivity index (χ3n) is 6.25. The summed E-state index contributed by atoms with van der Waals surface area (Å²) in [7, 11) is 0. The molecule has 1 aromatic rings. The zero-order chi connectivity index (χ0) is 22.9. The van der Waals surface area contributed by atoms with Crippen molar-refractivity contribution in [3.05, 3.63) is 31.9 Å². The van der Waals surface area contributed by atoms with E-state index in [-0.39, 0.29) is 23.1 Å². The van der Waals surface area contributed by atoms with E-state index in [1.54, 1.807) is 16.4 Å². The molecule has 0 bridgehead atoms. The number of thioether (sulfide) groups is 1. The summed E-state index contributed by atoms with van der Waals surface area (Å²) in [4.78, 5) is 30.7. The maximum Gasteiger partial charge on any atom is 0.270 e. The summed E-state index contributed by atoms with van der Waals surface area (Å²) in [5.41, 5.74) is 1.27. The third kappa shape index (κ3) is 4.31. The van der Waals surface area contributed by atoms with Crippen molar-refractivity contribution in [1.82, 2.24) is 9.47 Å². The molecular weight excluding hydrogens is 428 g/mol. The zero-order valence-electron chi connectivity index (χ0n) is 18.9. The molecular formula is C23H30N4O2S2. The molecule has 2 aliphatic heterocycles. The van der Waals surface area contributed by atoms with Gasteiger partial charge in [0.05, 0.1) is 4.91 Å². The van der Waals surface area contributed by atoms with Crippen LogP contribution in [0.15, 0.2) is 9.70 Å². The van der Waals surface area contributed by atoms with E-state index in [1.165, 1.54) is 11.8 Å². The molecule has 2 unspecified atom stereocenters. The Morgan fingerprint density at radius 1 is 1.35 bits per heavy atom. The van der Waals surface area contributed by atoms with Gasteiger partial charge < -0.3 is 4.90 Å². The fourth-order valence-electron chi connectivity index (χ4n) is 4.33. The second kappa shape index (κ2) is 9.58. The fraction of sp³-hybridized carbons (Fsp3) is 0.565. The van der Waals surface area contributed by atoms with E-state index in [9.17, 15) is 14.9 Å². The van der Waals surface area contributed by atoms with Crippen LogP contribution in [-0.2, 0) is 11.3 Å². The van der Waals surface area contributed by atoms with Gasteiger partial charge in [-0.05, 0) is 57.6 Å². The zero-order valence-corrected chi connectivity index (χ0v) is 20.5. The topological polar surface area (TPSA) is 69.3 Å². The van der Waals surface area contributed by atoms with E-state index in [1.807, 2.05) is 26.8 Å². The van der Waals surface area contributed by atoms with Crippen molar-refractivity contribution in [3.63, 3.8) is 0 Å². The van der Waals surface area contributed by atoms with Crippen molar-refractivity contribution < 1.29 is 4.79 Å². The SMILES string of the molecule is CCC(C)N1C(=O)C(=Cc2c(C)c(C#N)c(=O)n(CC)c2N2CCCC(C)C2)SC1=S. The normalized spacial score (nSPS) is 21.7. The average molecular weight is 459 g/mol. The van der Waals surface area contributed by atoms with Gasteiger partial charge in [0, 0.05) is 31.2 Å². The summed E-state index contributed by atoms with van der Waals surface area (Å²) in [6, 6.07) is 2.12. The monoisotopic (exact) mass is 458 g/mol. The summed E-state index contributed by atoms with van der Waals surface area (Å²) >= 11 is 6.78. The molecule has 0 aliphatic carbocycles. The molecule has 2 fully saturated rings. The summed E-state index contributed by atoms with van der Waals surface area (Å²) < 4.78 is 2.24. The number of thiocarbonyl (C=S) groups is 1. The van der Waals surface area contributed by atoms with Crippen LogP contribution in [0.1, 0.15) is 63.6 Å². The van der Waals surface area contributed by atoms with Crippen LogP contribution in [0.4, 0.5) is 5.82 Å². The minimum atomic E-state index is -0.264. The van der Waals surface area contributed by atoms with Crippen molar-refractivity contribution in [2.45, 2.75) is 66.5 Å². The Morgan fingerprint density at radius 3 is 2.65 bits per heavy atom. The Kier molecular flexibility index (Phi) is 7.28. The van der Waals surface area contributed by atoms with E-state index in [0.29, 0.717) is 27.3 Å². The highest BCUT2D eigenvalue weighted by atomic mass is 32.2. The fourth-order valence-corrected chi connectivity index (χ4v) is 5.78. The molecule has 0 radical (unpaired) electrons. The number of carbonyl (C=O) groups is 1. The number of anilines is 1. The number of piperidine rings is 1. The van der Waals surface area contributed by atoms with Crippen LogP contribution in [-0.4, -0.2) is 38.8 Å². The maximum absolute atomic E-state index is 13.1. The Bertz CT molecular complexity index is 1040. The predicted octanol–water partition coefficient (Wildman–Crippen LogP) is 4.28. The lowest BCUT2D eigenvalue weighted by Crippen LogP contribution is -2.40. The van der Waals surface area contributed by atoms with E-state index < -0.39 is 0 Å². The van der Waals surface area contributed by atoms with E-state index in [0.717, 1.165) is 43.7 Å². The van der Waals surface area contributed by atoms with Crippen molar-refractivity contribution in [1.29, 1.82) is 5.26 Å². The summed E-state index contributed by atoms with van der Waals surface area (Å²) in [5.74, 6) is 1.22. The van der Waals surface area contributed by atoms with E-state index in [2.05, 4.69) is 17.9 Å². The Labute approximate surface area is 193 Å². The smallest absolute Gasteiger partial charge is 0.270 e. The van der Waals surface area contributed by atoms with Gasteiger partial charge in [-0.1, -0.05) is 37.8 Å². The first kappa shape index (κ1) is 23.6. The number of nitrogens with zero attached hydrogens (tertiary/aromatic N) is 4. The molecule has 2 aliphatic rings. The predicted molar refractivity (Wildman–Crippen MR) is 131 cm³/mol. The largest absolute Gasteiger partial charge is 0.357 e. The van der Waals surface area contributed by atoms with Crippen LogP contribution in [0.2, 0.25) is 0 Å². The lowest BCUT2D eigenvalue weighted by atomic mass is 9.98. The molecule has 3 rings (SSSR count). The summed E-state index contributed by atoms with van der Waals surface area (Å²) in [6.45, 7) is 12.1. The summed E-state index contributed by atoms with van der Waals surface area (Å²) in [6.07, 6.45) is 4.87. The number of pyridine rings is 1. The quantitative estimate of drug-likeness (QED) is 0.484. The summed E-state index contributed by atoms with van der Waals surface area (Å²) in [5, 5.41) is 9.69. The van der Waals surface area contributed by atoms with Gasteiger partial charge in [-0.2, -0.15) is 5.26 Å². The first-order valence-corrected chi connectivity index (χ1v) is 12.2.